The predicted molar refractivity (Wildman–Crippen MR) is 78.7 cm³/mol. The molecule has 19 heavy (non-hydrogen) atoms. The van der Waals surface area contributed by atoms with Gasteiger partial charge in [0.05, 0.1) is 11.3 Å². The second-order valence-electron chi connectivity index (χ2n) is 5.04. The van der Waals surface area contributed by atoms with E-state index in [-0.39, 0.29) is 11.3 Å². The van der Waals surface area contributed by atoms with Crippen LogP contribution in [0.3, 0.4) is 0 Å². The molecule has 0 spiro atoms. The van der Waals surface area contributed by atoms with Crippen LogP contribution in [-0.2, 0) is 13.5 Å². The first-order valence-corrected chi connectivity index (χ1v) is 7.42. The van der Waals surface area contributed by atoms with Crippen molar-refractivity contribution in [2.24, 2.45) is 12.5 Å². The Kier molecular flexibility index (Phi) is 5.85. The number of amides is 1. The fraction of sp³-hybridized carbons (Fsp3) is 0.714. The van der Waals surface area contributed by atoms with E-state index in [1.807, 2.05) is 14.0 Å². The molecule has 0 saturated carbocycles. The fourth-order valence-corrected chi connectivity index (χ4v) is 2.56. The van der Waals surface area contributed by atoms with Crippen LogP contribution >= 0.6 is 11.6 Å². The number of carbonyl (C=O) groups excluding carboxylic acids is 1. The highest BCUT2D eigenvalue weighted by Crippen LogP contribution is 2.27. The minimum atomic E-state index is -0.0543. The zero-order valence-corrected chi connectivity index (χ0v) is 13.0. The molecule has 0 saturated heterocycles. The molecule has 5 heteroatoms. The van der Waals surface area contributed by atoms with E-state index in [2.05, 4.69) is 24.3 Å². The van der Waals surface area contributed by atoms with Crippen molar-refractivity contribution in [3.05, 3.63) is 17.5 Å². The maximum Gasteiger partial charge on any atom is 0.254 e. The van der Waals surface area contributed by atoms with E-state index in [0.717, 1.165) is 25.0 Å². The maximum atomic E-state index is 12.2. The van der Waals surface area contributed by atoms with Crippen molar-refractivity contribution in [3.8, 4) is 0 Å². The molecule has 0 atom stereocenters. The third-order valence-electron chi connectivity index (χ3n) is 3.89. The molecule has 1 N–H and O–H groups in total. The highest BCUT2D eigenvalue weighted by Gasteiger charge is 2.26. The van der Waals surface area contributed by atoms with Crippen LogP contribution in [0, 0.1) is 5.41 Å². The van der Waals surface area contributed by atoms with Crippen molar-refractivity contribution in [2.75, 3.05) is 12.4 Å². The topological polar surface area (TPSA) is 46.9 Å². The van der Waals surface area contributed by atoms with Gasteiger partial charge in [-0.2, -0.15) is 5.10 Å². The molecule has 4 nitrogen and oxygen atoms in total. The Morgan fingerprint density at radius 1 is 1.42 bits per heavy atom. The molecule has 1 rings (SSSR count). The van der Waals surface area contributed by atoms with Crippen LogP contribution in [0.1, 0.15) is 49.7 Å². The monoisotopic (exact) mass is 285 g/mol. The summed E-state index contributed by atoms with van der Waals surface area (Å²) >= 11 is 6.05. The molecule has 0 aromatic carbocycles. The second-order valence-corrected chi connectivity index (χ2v) is 5.31. The zero-order valence-electron chi connectivity index (χ0n) is 12.3. The van der Waals surface area contributed by atoms with Crippen LogP contribution in [0.5, 0.6) is 0 Å². The SMILES string of the molecule is CCc1nn(C)cc1C(=O)NCC(CC)(CC)CCl. The molecule has 0 fully saturated rings. The summed E-state index contributed by atoms with van der Waals surface area (Å²) in [7, 11) is 1.83. The van der Waals surface area contributed by atoms with Crippen LogP contribution in [0.2, 0.25) is 0 Å². The predicted octanol–water partition coefficient (Wildman–Crippen LogP) is 2.76. The highest BCUT2D eigenvalue weighted by molar-refractivity contribution is 6.18. The van der Waals surface area contributed by atoms with E-state index in [9.17, 15) is 4.79 Å². The lowest BCUT2D eigenvalue weighted by molar-refractivity contribution is 0.0931. The third kappa shape index (κ3) is 3.72. The fourth-order valence-electron chi connectivity index (χ4n) is 2.08. The maximum absolute atomic E-state index is 12.2. The minimum Gasteiger partial charge on any atom is -0.351 e. The van der Waals surface area contributed by atoms with Crippen LogP contribution in [0.25, 0.3) is 0 Å². The Bertz CT molecular complexity index is 416. The smallest absolute Gasteiger partial charge is 0.254 e. The van der Waals surface area contributed by atoms with Crippen LogP contribution in [-0.4, -0.2) is 28.1 Å². The summed E-state index contributed by atoms with van der Waals surface area (Å²) in [6.45, 7) is 6.83. The Morgan fingerprint density at radius 3 is 2.53 bits per heavy atom. The summed E-state index contributed by atoms with van der Waals surface area (Å²) in [6, 6.07) is 0. The van der Waals surface area contributed by atoms with Crippen LogP contribution in [0.4, 0.5) is 0 Å². The van der Waals surface area contributed by atoms with Crippen LogP contribution in [0.15, 0.2) is 6.20 Å². The molecule has 1 aromatic rings. The molecule has 0 aliphatic heterocycles. The first kappa shape index (κ1) is 16.0. The van der Waals surface area contributed by atoms with E-state index < -0.39 is 0 Å². The first-order valence-electron chi connectivity index (χ1n) is 6.88. The van der Waals surface area contributed by atoms with Crippen molar-refractivity contribution in [1.29, 1.82) is 0 Å². The lowest BCUT2D eigenvalue weighted by Gasteiger charge is -2.29. The van der Waals surface area contributed by atoms with Crippen molar-refractivity contribution in [1.82, 2.24) is 15.1 Å². The number of aromatic nitrogens is 2. The number of nitrogens with zero attached hydrogens (tertiary/aromatic N) is 2. The van der Waals surface area contributed by atoms with Gasteiger partial charge in [-0.15, -0.1) is 11.6 Å². The number of alkyl halides is 1. The largest absolute Gasteiger partial charge is 0.351 e. The number of halogens is 1. The second kappa shape index (κ2) is 6.94. The number of nitrogens with one attached hydrogen (secondary N) is 1. The standard InChI is InChI=1S/C14H24ClN3O/c1-5-12-11(8-18(4)17-12)13(19)16-10-14(6-2,7-3)9-15/h8H,5-7,9-10H2,1-4H3,(H,16,19). The molecular weight excluding hydrogens is 262 g/mol. The summed E-state index contributed by atoms with van der Waals surface area (Å²) < 4.78 is 1.68. The van der Waals surface area contributed by atoms with Gasteiger partial charge in [0.1, 0.15) is 0 Å². The lowest BCUT2D eigenvalue weighted by Crippen LogP contribution is -2.38. The average Bonchev–Trinajstić information content (AvgIpc) is 2.82. The molecule has 0 unspecified atom stereocenters. The Labute approximate surface area is 120 Å². The van der Waals surface area contributed by atoms with Crippen LogP contribution < -0.4 is 5.32 Å². The quantitative estimate of drug-likeness (QED) is 0.783. The van der Waals surface area contributed by atoms with Gasteiger partial charge in [-0.25, -0.2) is 0 Å². The first-order chi connectivity index (χ1) is 9.01. The van der Waals surface area contributed by atoms with Gasteiger partial charge in [0.15, 0.2) is 0 Å². The molecule has 1 aromatic heterocycles. The number of rotatable bonds is 7. The summed E-state index contributed by atoms with van der Waals surface area (Å²) in [6.07, 6.45) is 4.45. The van der Waals surface area contributed by atoms with E-state index in [1.165, 1.54) is 0 Å². The highest BCUT2D eigenvalue weighted by atomic mass is 35.5. The van der Waals surface area contributed by atoms with E-state index >= 15 is 0 Å². The molecular formula is C14H24ClN3O. The number of hydrogen-bond donors (Lipinski definition) is 1. The van der Waals surface area contributed by atoms with Crippen molar-refractivity contribution < 1.29 is 4.79 Å². The van der Waals surface area contributed by atoms with Crippen molar-refractivity contribution in [2.45, 2.75) is 40.0 Å². The number of hydrogen-bond acceptors (Lipinski definition) is 2. The molecule has 0 aliphatic rings. The van der Waals surface area contributed by atoms with Crippen molar-refractivity contribution in [3.63, 3.8) is 0 Å². The van der Waals surface area contributed by atoms with Gasteiger partial charge in [-0.3, -0.25) is 9.48 Å². The Hall–Kier alpha value is -1.03. The average molecular weight is 286 g/mol. The van der Waals surface area contributed by atoms with Crippen molar-refractivity contribution >= 4 is 17.5 Å². The molecule has 108 valence electrons. The van der Waals surface area contributed by atoms with Gasteiger partial charge in [0.2, 0.25) is 0 Å². The van der Waals surface area contributed by atoms with Gasteiger partial charge in [-0.1, -0.05) is 20.8 Å². The van der Waals surface area contributed by atoms with Gasteiger partial charge < -0.3 is 5.32 Å². The Morgan fingerprint density at radius 2 is 2.05 bits per heavy atom. The Balaban J connectivity index is 2.74. The lowest BCUT2D eigenvalue weighted by atomic mass is 9.84. The third-order valence-corrected chi connectivity index (χ3v) is 4.46. The number of aryl methyl sites for hydroxylation is 2. The van der Waals surface area contributed by atoms with E-state index in [1.54, 1.807) is 10.9 Å². The summed E-state index contributed by atoms with van der Waals surface area (Å²) in [4.78, 5) is 12.2. The molecule has 0 bridgehead atoms. The molecule has 1 heterocycles. The zero-order chi connectivity index (χ0) is 14.5. The molecule has 0 aliphatic carbocycles. The normalized spacial score (nSPS) is 11.6. The number of carbonyl (C=O) groups is 1. The summed E-state index contributed by atoms with van der Waals surface area (Å²) in [5.41, 5.74) is 1.50. The molecule has 0 radical (unpaired) electrons. The molecule has 1 amide bonds. The van der Waals surface area contributed by atoms with E-state index in [0.29, 0.717) is 18.0 Å². The summed E-state index contributed by atoms with van der Waals surface area (Å²) in [5.74, 6) is 0.509. The van der Waals surface area contributed by atoms with Gasteiger partial charge in [0.25, 0.3) is 5.91 Å². The van der Waals surface area contributed by atoms with Gasteiger partial charge in [-0.05, 0) is 19.3 Å². The van der Waals surface area contributed by atoms with Gasteiger partial charge in [0, 0.05) is 31.1 Å². The minimum absolute atomic E-state index is 0.00813. The van der Waals surface area contributed by atoms with Gasteiger partial charge >= 0.3 is 0 Å². The summed E-state index contributed by atoms with van der Waals surface area (Å²) in [5, 5.41) is 7.29. The van der Waals surface area contributed by atoms with E-state index in [4.69, 9.17) is 11.6 Å².